The Kier molecular flexibility index (Phi) is 6.51. The van der Waals surface area contributed by atoms with Crippen molar-refractivity contribution in [2.24, 2.45) is 0 Å². The molecule has 0 spiro atoms. The van der Waals surface area contributed by atoms with Gasteiger partial charge in [-0.2, -0.15) is 0 Å². The van der Waals surface area contributed by atoms with Crippen LogP contribution in [0.4, 0.5) is 4.39 Å². The molecule has 132 valence electrons. The monoisotopic (exact) mass is 344 g/mol. The van der Waals surface area contributed by atoms with Gasteiger partial charge in [0, 0.05) is 12.1 Å². The molecular weight excluding hydrogens is 323 g/mol. The molecule has 2 aromatic carbocycles. The highest BCUT2D eigenvalue weighted by Gasteiger charge is 2.09. The van der Waals surface area contributed by atoms with Crippen LogP contribution in [0.1, 0.15) is 29.8 Å². The largest absolute Gasteiger partial charge is 0.488 e. The average Bonchev–Trinajstić information content (AvgIpc) is 2.60. The fourth-order valence-electron chi connectivity index (χ4n) is 2.12. The van der Waals surface area contributed by atoms with Crippen molar-refractivity contribution < 1.29 is 18.7 Å². The fraction of sp³-hybridized carbons (Fsp3) is 0.263. The highest BCUT2D eigenvalue weighted by Crippen LogP contribution is 2.19. The molecule has 0 bridgehead atoms. The van der Waals surface area contributed by atoms with Crippen molar-refractivity contribution >= 4 is 11.8 Å². The molecule has 0 atom stereocenters. The van der Waals surface area contributed by atoms with Gasteiger partial charge < -0.3 is 15.4 Å². The zero-order valence-corrected chi connectivity index (χ0v) is 14.2. The van der Waals surface area contributed by atoms with Gasteiger partial charge in [-0.25, -0.2) is 4.39 Å². The number of nitrogens with one attached hydrogen (secondary N) is 2. The van der Waals surface area contributed by atoms with E-state index in [1.807, 2.05) is 13.8 Å². The lowest BCUT2D eigenvalue weighted by Crippen LogP contribution is -2.36. The smallest absolute Gasteiger partial charge is 0.251 e. The van der Waals surface area contributed by atoms with Gasteiger partial charge in [-0.3, -0.25) is 9.59 Å². The molecule has 25 heavy (non-hydrogen) atoms. The van der Waals surface area contributed by atoms with Crippen LogP contribution in [0.25, 0.3) is 0 Å². The topological polar surface area (TPSA) is 67.4 Å². The minimum Gasteiger partial charge on any atom is -0.488 e. The number of hydrogen-bond donors (Lipinski definition) is 2. The molecule has 2 aromatic rings. The number of carbonyl (C=O) groups is 2. The third kappa shape index (κ3) is 5.91. The molecule has 2 amide bonds. The van der Waals surface area contributed by atoms with E-state index >= 15 is 0 Å². The molecule has 0 aliphatic heterocycles. The van der Waals surface area contributed by atoms with Crippen molar-refractivity contribution in [1.82, 2.24) is 10.6 Å². The van der Waals surface area contributed by atoms with Crippen LogP contribution >= 0.6 is 0 Å². The maximum absolute atomic E-state index is 13.9. The minimum atomic E-state index is -0.474. The molecule has 0 saturated heterocycles. The van der Waals surface area contributed by atoms with E-state index in [9.17, 15) is 14.0 Å². The van der Waals surface area contributed by atoms with E-state index in [2.05, 4.69) is 10.6 Å². The van der Waals surface area contributed by atoms with Gasteiger partial charge in [0.15, 0.2) is 11.6 Å². The van der Waals surface area contributed by atoms with Crippen LogP contribution in [-0.4, -0.2) is 24.5 Å². The van der Waals surface area contributed by atoms with Crippen LogP contribution in [0.3, 0.4) is 0 Å². The predicted octanol–water partition coefficient (Wildman–Crippen LogP) is 2.66. The molecule has 0 heterocycles. The van der Waals surface area contributed by atoms with E-state index < -0.39 is 5.82 Å². The van der Waals surface area contributed by atoms with Crippen LogP contribution in [0.15, 0.2) is 48.5 Å². The third-order valence-corrected chi connectivity index (χ3v) is 3.29. The number of amides is 2. The Morgan fingerprint density at radius 1 is 1.08 bits per heavy atom. The normalized spacial score (nSPS) is 10.4. The van der Waals surface area contributed by atoms with Gasteiger partial charge in [-0.1, -0.05) is 24.3 Å². The highest BCUT2D eigenvalue weighted by molar-refractivity contribution is 5.96. The predicted molar refractivity (Wildman–Crippen MR) is 92.8 cm³/mol. The SMILES string of the molecule is CC(C)Oc1ccc(CNC(=O)CNC(=O)c2ccccc2)cc1F. The van der Waals surface area contributed by atoms with Crippen molar-refractivity contribution in [1.29, 1.82) is 0 Å². The number of benzene rings is 2. The summed E-state index contributed by atoms with van der Waals surface area (Å²) in [6, 6.07) is 13.2. The molecule has 0 fully saturated rings. The lowest BCUT2D eigenvalue weighted by atomic mass is 10.2. The first-order chi connectivity index (χ1) is 12.0. The molecule has 0 saturated carbocycles. The molecule has 2 rings (SSSR count). The average molecular weight is 344 g/mol. The molecule has 5 nitrogen and oxygen atoms in total. The number of hydrogen-bond acceptors (Lipinski definition) is 3. The Balaban J connectivity index is 1.80. The van der Waals surface area contributed by atoms with Gasteiger partial charge in [-0.15, -0.1) is 0 Å². The summed E-state index contributed by atoms with van der Waals surface area (Å²) in [5.74, 6) is -0.970. The zero-order chi connectivity index (χ0) is 18.2. The molecule has 0 radical (unpaired) electrons. The lowest BCUT2D eigenvalue weighted by molar-refractivity contribution is -0.120. The third-order valence-electron chi connectivity index (χ3n) is 3.29. The van der Waals surface area contributed by atoms with Crippen LogP contribution in [-0.2, 0) is 11.3 Å². The van der Waals surface area contributed by atoms with Gasteiger partial charge in [0.2, 0.25) is 5.91 Å². The summed E-state index contributed by atoms with van der Waals surface area (Å²) in [7, 11) is 0. The van der Waals surface area contributed by atoms with Gasteiger partial charge in [-0.05, 0) is 43.7 Å². The Morgan fingerprint density at radius 3 is 2.44 bits per heavy atom. The first kappa shape index (κ1) is 18.4. The summed E-state index contributed by atoms with van der Waals surface area (Å²) in [5.41, 5.74) is 1.09. The Hall–Kier alpha value is -2.89. The van der Waals surface area contributed by atoms with Gasteiger partial charge in [0.1, 0.15) is 0 Å². The van der Waals surface area contributed by atoms with Gasteiger partial charge in [0.25, 0.3) is 5.91 Å². The second-order valence-electron chi connectivity index (χ2n) is 5.76. The maximum atomic E-state index is 13.9. The van der Waals surface area contributed by atoms with Crippen LogP contribution < -0.4 is 15.4 Å². The van der Waals surface area contributed by atoms with Gasteiger partial charge >= 0.3 is 0 Å². The molecule has 6 heteroatoms. The summed E-state index contributed by atoms with van der Waals surface area (Å²) in [4.78, 5) is 23.6. The van der Waals surface area contributed by atoms with Crippen molar-refractivity contribution in [3.05, 3.63) is 65.5 Å². The summed E-state index contributed by atoms with van der Waals surface area (Å²) in [6.07, 6.45) is -0.117. The summed E-state index contributed by atoms with van der Waals surface area (Å²) >= 11 is 0. The van der Waals surface area contributed by atoms with E-state index in [0.29, 0.717) is 11.1 Å². The number of halogens is 1. The highest BCUT2D eigenvalue weighted by atomic mass is 19.1. The van der Waals surface area contributed by atoms with Crippen LogP contribution in [0.2, 0.25) is 0 Å². The van der Waals surface area contributed by atoms with E-state index in [1.54, 1.807) is 36.4 Å². The van der Waals surface area contributed by atoms with Crippen molar-refractivity contribution in [3.63, 3.8) is 0 Å². The summed E-state index contributed by atoms with van der Waals surface area (Å²) < 4.78 is 19.2. The Labute approximate surface area is 146 Å². The second-order valence-corrected chi connectivity index (χ2v) is 5.76. The standard InChI is InChI=1S/C19H21FN2O3/c1-13(2)25-17-9-8-14(10-16(17)20)11-21-18(23)12-22-19(24)15-6-4-3-5-7-15/h3-10,13H,11-12H2,1-2H3,(H,21,23)(H,22,24). The first-order valence-corrected chi connectivity index (χ1v) is 8.00. The first-order valence-electron chi connectivity index (χ1n) is 8.00. The number of rotatable bonds is 7. The molecule has 0 aliphatic carbocycles. The maximum Gasteiger partial charge on any atom is 0.251 e. The van der Waals surface area contributed by atoms with Crippen molar-refractivity contribution in [2.75, 3.05) is 6.54 Å². The molecular formula is C19H21FN2O3. The lowest BCUT2D eigenvalue weighted by Gasteiger charge is -2.12. The molecule has 0 aliphatic rings. The van der Waals surface area contributed by atoms with E-state index in [4.69, 9.17) is 4.74 Å². The van der Waals surface area contributed by atoms with Crippen molar-refractivity contribution in [2.45, 2.75) is 26.5 Å². The quantitative estimate of drug-likeness (QED) is 0.811. The Morgan fingerprint density at radius 2 is 1.80 bits per heavy atom. The molecule has 2 N–H and O–H groups in total. The number of carbonyl (C=O) groups excluding carboxylic acids is 2. The van der Waals surface area contributed by atoms with E-state index in [0.717, 1.165) is 0 Å². The molecule has 0 aromatic heterocycles. The molecule has 0 unspecified atom stereocenters. The van der Waals surface area contributed by atoms with Crippen LogP contribution in [0.5, 0.6) is 5.75 Å². The van der Waals surface area contributed by atoms with E-state index in [-0.39, 0.29) is 36.8 Å². The summed E-state index contributed by atoms with van der Waals surface area (Å²) in [5, 5.41) is 5.16. The summed E-state index contributed by atoms with van der Waals surface area (Å²) in [6.45, 7) is 3.65. The van der Waals surface area contributed by atoms with Gasteiger partial charge in [0.05, 0.1) is 12.6 Å². The van der Waals surface area contributed by atoms with Crippen LogP contribution in [0, 0.1) is 5.82 Å². The fourth-order valence-corrected chi connectivity index (χ4v) is 2.12. The number of ether oxygens (including phenoxy) is 1. The Bertz CT molecular complexity index is 733. The van der Waals surface area contributed by atoms with E-state index in [1.165, 1.54) is 12.1 Å². The van der Waals surface area contributed by atoms with Crippen molar-refractivity contribution in [3.8, 4) is 5.75 Å². The minimum absolute atomic E-state index is 0.117. The zero-order valence-electron chi connectivity index (χ0n) is 14.2. The second kappa shape index (κ2) is 8.82.